The average Bonchev–Trinajstić information content (AvgIpc) is 1.86. The van der Waals surface area contributed by atoms with Crippen molar-refractivity contribution >= 4 is 11.6 Å². The smallest absolute Gasteiger partial charge is 0.0351 e. The van der Waals surface area contributed by atoms with E-state index in [-0.39, 0.29) is 0 Å². The van der Waals surface area contributed by atoms with Crippen LogP contribution in [0.4, 0.5) is 0 Å². The van der Waals surface area contributed by atoms with Gasteiger partial charge in [-0.25, -0.2) is 0 Å². The van der Waals surface area contributed by atoms with E-state index >= 15 is 0 Å². The first-order valence-electron chi connectivity index (χ1n) is 3.99. The summed E-state index contributed by atoms with van der Waals surface area (Å²) in [6.07, 6.45) is 0. The topological polar surface area (TPSA) is 3.24 Å². The monoisotopic (exact) mass is 163 g/mol. The van der Waals surface area contributed by atoms with Crippen LogP contribution in [0.3, 0.4) is 0 Å². The molecule has 62 valence electrons. The van der Waals surface area contributed by atoms with Crippen LogP contribution in [0.1, 0.15) is 20.8 Å². The summed E-state index contributed by atoms with van der Waals surface area (Å²) in [5.74, 6) is 1.50. The van der Waals surface area contributed by atoms with Gasteiger partial charge in [0, 0.05) is 19.0 Å². The summed E-state index contributed by atoms with van der Waals surface area (Å²) in [5.41, 5.74) is 0. The van der Waals surface area contributed by atoms with Gasteiger partial charge in [-0.15, -0.1) is 11.6 Å². The number of alkyl halides is 1. The van der Waals surface area contributed by atoms with Crippen molar-refractivity contribution in [2.24, 2.45) is 5.92 Å². The molecule has 0 rings (SSSR count). The third kappa shape index (κ3) is 5.07. The summed E-state index contributed by atoms with van der Waals surface area (Å²) < 4.78 is 0. The molecule has 0 fully saturated rings. The van der Waals surface area contributed by atoms with Gasteiger partial charge in [-0.3, -0.25) is 0 Å². The van der Waals surface area contributed by atoms with E-state index in [2.05, 4.69) is 25.7 Å². The van der Waals surface area contributed by atoms with Crippen LogP contribution in [0.25, 0.3) is 0 Å². The van der Waals surface area contributed by atoms with Gasteiger partial charge in [0.05, 0.1) is 0 Å². The van der Waals surface area contributed by atoms with Gasteiger partial charge in [0.15, 0.2) is 0 Å². The van der Waals surface area contributed by atoms with Crippen LogP contribution in [0, 0.1) is 5.92 Å². The van der Waals surface area contributed by atoms with Crippen LogP contribution in [0.2, 0.25) is 0 Å². The minimum atomic E-state index is 0.751. The molecule has 0 aromatic carbocycles. The van der Waals surface area contributed by atoms with Crippen LogP contribution in [-0.4, -0.2) is 30.4 Å². The summed E-state index contributed by atoms with van der Waals surface area (Å²) in [5, 5.41) is 0. The lowest BCUT2D eigenvalue weighted by Gasteiger charge is -2.20. The molecule has 0 radical (unpaired) electrons. The van der Waals surface area contributed by atoms with Crippen LogP contribution in [0.15, 0.2) is 0 Å². The summed E-state index contributed by atoms with van der Waals surface area (Å²) in [6, 6.07) is 0. The van der Waals surface area contributed by atoms with E-state index in [4.69, 9.17) is 11.6 Å². The second kappa shape index (κ2) is 5.99. The molecule has 0 aromatic rings. The van der Waals surface area contributed by atoms with Gasteiger partial charge in [0.2, 0.25) is 0 Å². The molecule has 1 nitrogen and oxygen atoms in total. The lowest BCUT2D eigenvalue weighted by Crippen LogP contribution is -2.29. The standard InChI is InChI=1S/C8H18ClN/c1-4-10(6-5-9)7-8(2)3/h8H,4-7H2,1-3H3. The average molecular weight is 164 g/mol. The van der Waals surface area contributed by atoms with E-state index in [0.29, 0.717) is 0 Å². The molecular formula is C8H18ClN. The molecule has 0 atom stereocenters. The third-order valence-corrected chi connectivity index (χ3v) is 1.64. The molecule has 0 saturated carbocycles. The second-order valence-corrected chi connectivity index (χ2v) is 3.35. The summed E-state index contributed by atoms with van der Waals surface area (Å²) in [4.78, 5) is 2.37. The van der Waals surface area contributed by atoms with Gasteiger partial charge in [-0.05, 0) is 12.5 Å². The Morgan fingerprint density at radius 2 is 2.00 bits per heavy atom. The fourth-order valence-electron chi connectivity index (χ4n) is 1.01. The molecule has 0 spiro atoms. The van der Waals surface area contributed by atoms with Gasteiger partial charge < -0.3 is 4.90 Å². The van der Waals surface area contributed by atoms with Gasteiger partial charge in [0.1, 0.15) is 0 Å². The van der Waals surface area contributed by atoms with Crippen molar-refractivity contribution < 1.29 is 0 Å². The van der Waals surface area contributed by atoms with Crippen molar-refractivity contribution in [1.29, 1.82) is 0 Å². The Labute approximate surface area is 69.4 Å². The van der Waals surface area contributed by atoms with Crippen molar-refractivity contribution in [3.8, 4) is 0 Å². The molecule has 0 N–H and O–H groups in total. The molecule has 0 aliphatic carbocycles. The summed E-state index contributed by atoms with van der Waals surface area (Å²) in [6.45, 7) is 9.95. The highest BCUT2D eigenvalue weighted by atomic mass is 35.5. The molecule has 0 amide bonds. The van der Waals surface area contributed by atoms with Crippen molar-refractivity contribution in [1.82, 2.24) is 4.90 Å². The Morgan fingerprint density at radius 3 is 2.30 bits per heavy atom. The zero-order valence-corrected chi connectivity index (χ0v) is 7.99. The van der Waals surface area contributed by atoms with E-state index in [1.807, 2.05) is 0 Å². The van der Waals surface area contributed by atoms with Gasteiger partial charge in [0.25, 0.3) is 0 Å². The molecule has 0 saturated heterocycles. The number of nitrogens with zero attached hydrogens (tertiary/aromatic N) is 1. The quantitative estimate of drug-likeness (QED) is 0.562. The van der Waals surface area contributed by atoms with E-state index in [1.54, 1.807) is 0 Å². The molecular weight excluding hydrogens is 146 g/mol. The minimum absolute atomic E-state index is 0.751. The maximum absolute atomic E-state index is 5.62. The number of hydrogen-bond acceptors (Lipinski definition) is 1. The van der Waals surface area contributed by atoms with Crippen molar-refractivity contribution in [3.05, 3.63) is 0 Å². The highest BCUT2D eigenvalue weighted by Crippen LogP contribution is 1.97. The molecule has 0 bridgehead atoms. The highest BCUT2D eigenvalue weighted by molar-refractivity contribution is 6.18. The predicted molar refractivity (Wildman–Crippen MR) is 47.7 cm³/mol. The maximum Gasteiger partial charge on any atom is 0.0351 e. The Balaban J connectivity index is 3.39. The number of rotatable bonds is 5. The molecule has 0 aromatic heterocycles. The molecule has 0 unspecified atom stereocenters. The van der Waals surface area contributed by atoms with Gasteiger partial charge in [-0.2, -0.15) is 0 Å². The molecule has 0 aliphatic rings. The van der Waals surface area contributed by atoms with E-state index in [1.165, 1.54) is 6.54 Å². The Kier molecular flexibility index (Phi) is 6.14. The van der Waals surface area contributed by atoms with E-state index < -0.39 is 0 Å². The normalized spacial score (nSPS) is 11.4. The third-order valence-electron chi connectivity index (χ3n) is 1.47. The van der Waals surface area contributed by atoms with Crippen LogP contribution in [0.5, 0.6) is 0 Å². The van der Waals surface area contributed by atoms with Crippen LogP contribution < -0.4 is 0 Å². The number of halogens is 1. The first kappa shape index (κ1) is 10.2. The number of hydrogen-bond donors (Lipinski definition) is 0. The fourth-order valence-corrected chi connectivity index (χ4v) is 1.25. The molecule has 0 aliphatic heterocycles. The van der Waals surface area contributed by atoms with Crippen LogP contribution >= 0.6 is 11.6 Å². The largest absolute Gasteiger partial charge is 0.302 e. The second-order valence-electron chi connectivity index (χ2n) is 2.98. The SMILES string of the molecule is CCN(CCCl)CC(C)C. The fraction of sp³-hybridized carbons (Fsp3) is 1.00. The maximum atomic E-state index is 5.62. The minimum Gasteiger partial charge on any atom is -0.302 e. The van der Waals surface area contributed by atoms with Crippen molar-refractivity contribution in [3.63, 3.8) is 0 Å². The molecule has 2 heteroatoms. The van der Waals surface area contributed by atoms with Gasteiger partial charge >= 0.3 is 0 Å². The van der Waals surface area contributed by atoms with Crippen molar-refractivity contribution in [2.45, 2.75) is 20.8 Å². The van der Waals surface area contributed by atoms with E-state index in [0.717, 1.165) is 24.9 Å². The molecule has 0 heterocycles. The highest BCUT2D eigenvalue weighted by Gasteiger charge is 2.02. The first-order chi connectivity index (χ1) is 4.70. The van der Waals surface area contributed by atoms with Gasteiger partial charge in [-0.1, -0.05) is 20.8 Å². The first-order valence-corrected chi connectivity index (χ1v) is 4.52. The Bertz CT molecular complexity index is 73.7. The lowest BCUT2D eigenvalue weighted by atomic mass is 10.2. The Morgan fingerprint density at radius 1 is 1.40 bits per heavy atom. The Hall–Kier alpha value is 0.250. The molecule has 10 heavy (non-hydrogen) atoms. The zero-order valence-electron chi connectivity index (χ0n) is 7.23. The summed E-state index contributed by atoms with van der Waals surface area (Å²) in [7, 11) is 0. The van der Waals surface area contributed by atoms with E-state index in [9.17, 15) is 0 Å². The summed E-state index contributed by atoms with van der Waals surface area (Å²) >= 11 is 5.62. The predicted octanol–water partition coefficient (Wildman–Crippen LogP) is 2.20. The zero-order chi connectivity index (χ0) is 7.98. The van der Waals surface area contributed by atoms with Crippen LogP contribution in [-0.2, 0) is 0 Å². The van der Waals surface area contributed by atoms with Crippen molar-refractivity contribution in [2.75, 3.05) is 25.5 Å². The lowest BCUT2D eigenvalue weighted by molar-refractivity contribution is 0.271.